The van der Waals surface area contributed by atoms with Gasteiger partial charge in [-0.1, -0.05) is 0 Å². The van der Waals surface area contributed by atoms with Gasteiger partial charge in [-0.2, -0.15) is 0 Å². The Hall–Kier alpha value is -1.43. The molecule has 2 aliphatic rings. The van der Waals surface area contributed by atoms with E-state index in [1.165, 1.54) is 0 Å². The average molecular weight is 352 g/mol. The molecule has 0 radical (unpaired) electrons. The Morgan fingerprint density at radius 3 is 2.76 bits per heavy atom. The zero-order chi connectivity index (χ0) is 15.0. The Balaban J connectivity index is 1.81. The highest BCUT2D eigenvalue weighted by Crippen LogP contribution is 2.35. The van der Waals surface area contributed by atoms with Crippen LogP contribution in [0.2, 0.25) is 0 Å². The summed E-state index contributed by atoms with van der Waals surface area (Å²) in [4.78, 5) is 30.8. The van der Waals surface area contributed by atoms with Crippen LogP contribution in [0.5, 0.6) is 0 Å². The summed E-state index contributed by atoms with van der Waals surface area (Å²) in [7, 11) is 0. The van der Waals surface area contributed by atoms with Gasteiger partial charge >= 0.3 is 0 Å². The zero-order valence-electron chi connectivity index (χ0n) is 11.9. The monoisotopic (exact) mass is 351 g/mol. The van der Waals surface area contributed by atoms with E-state index in [9.17, 15) is 9.59 Å². The molecule has 112 valence electrons. The maximum absolute atomic E-state index is 12.7. The molecule has 0 bridgehead atoms. The van der Waals surface area contributed by atoms with Crippen molar-refractivity contribution in [2.24, 2.45) is 5.92 Å². The van der Waals surface area contributed by atoms with Gasteiger partial charge in [-0.25, -0.2) is 0 Å². The van der Waals surface area contributed by atoms with Crippen molar-refractivity contribution in [1.29, 1.82) is 0 Å². The van der Waals surface area contributed by atoms with E-state index in [-0.39, 0.29) is 23.9 Å². The minimum absolute atomic E-state index is 0.0283. The minimum Gasteiger partial charge on any atom is -0.344 e. The summed E-state index contributed by atoms with van der Waals surface area (Å²) >= 11 is 3.35. The van der Waals surface area contributed by atoms with Crippen LogP contribution >= 0.6 is 15.9 Å². The molecule has 2 unspecified atom stereocenters. The minimum atomic E-state index is -0.349. The van der Waals surface area contributed by atoms with E-state index < -0.39 is 0 Å². The molecule has 1 aromatic heterocycles. The van der Waals surface area contributed by atoms with Crippen LogP contribution in [-0.2, 0) is 16.1 Å². The first-order valence-corrected chi connectivity index (χ1v) is 8.04. The lowest BCUT2D eigenvalue weighted by Crippen LogP contribution is -2.47. The summed E-state index contributed by atoms with van der Waals surface area (Å²) in [5, 5.41) is 2.89. The van der Waals surface area contributed by atoms with Gasteiger partial charge < -0.3 is 10.2 Å². The molecule has 1 aliphatic carbocycles. The van der Waals surface area contributed by atoms with Crippen LogP contribution in [0.4, 0.5) is 0 Å². The molecule has 2 fully saturated rings. The van der Waals surface area contributed by atoms with Crippen LogP contribution in [0, 0.1) is 5.92 Å². The van der Waals surface area contributed by atoms with Crippen molar-refractivity contribution in [3.8, 4) is 0 Å². The normalized spacial score (nSPS) is 26.5. The third kappa shape index (κ3) is 3.26. The van der Waals surface area contributed by atoms with Crippen molar-refractivity contribution >= 4 is 27.7 Å². The molecule has 1 aromatic rings. The Morgan fingerprint density at radius 2 is 2.14 bits per heavy atom. The number of pyridine rings is 1. The van der Waals surface area contributed by atoms with Gasteiger partial charge in [0.2, 0.25) is 11.8 Å². The van der Waals surface area contributed by atoms with Gasteiger partial charge in [0.15, 0.2) is 0 Å². The summed E-state index contributed by atoms with van der Waals surface area (Å²) in [5.41, 5.74) is 0.835. The highest BCUT2D eigenvalue weighted by atomic mass is 79.9. The second-order valence-electron chi connectivity index (χ2n) is 5.87. The van der Waals surface area contributed by atoms with Crippen molar-refractivity contribution in [2.45, 2.75) is 44.8 Å². The van der Waals surface area contributed by atoms with Crippen molar-refractivity contribution < 1.29 is 9.59 Å². The number of carbonyl (C=O) groups excluding carboxylic acids is 2. The van der Waals surface area contributed by atoms with E-state index in [4.69, 9.17) is 0 Å². The Morgan fingerprint density at radius 1 is 1.38 bits per heavy atom. The van der Waals surface area contributed by atoms with E-state index in [2.05, 4.69) is 26.2 Å². The van der Waals surface area contributed by atoms with Gasteiger partial charge in [0.1, 0.15) is 6.04 Å². The summed E-state index contributed by atoms with van der Waals surface area (Å²) < 4.78 is 0.911. The van der Waals surface area contributed by atoms with E-state index >= 15 is 0 Å². The molecule has 1 N–H and O–H groups in total. The third-order valence-corrected chi connectivity index (χ3v) is 4.56. The molecule has 21 heavy (non-hydrogen) atoms. The number of nitrogens with zero attached hydrogens (tertiary/aromatic N) is 2. The number of halogens is 1. The molecule has 2 heterocycles. The molecule has 5 nitrogen and oxygen atoms in total. The first-order valence-electron chi connectivity index (χ1n) is 7.25. The lowest BCUT2D eigenvalue weighted by Gasteiger charge is -2.28. The van der Waals surface area contributed by atoms with Crippen molar-refractivity contribution in [3.05, 3.63) is 28.5 Å². The molecule has 1 saturated carbocycles. The van der Waals surface area contributed by atoms with Gasteiger partial charge in [0, 0.05) is 23.1 Å². The Kier molecular flexibility index (Phi) is 3.97. The smallest absolute Gasteiger partial charge is 0.246 e. The van der Waals surface area contributed by atoms with Gasteiger partial charge in [0.05, 0.1) is 12.2 Å². The zero-order valence-corrected chi connectivity index (χ0v) is 13.5. The van der Waals surface area contributed by atoms with E-state index in [1.807, 2.05) is 19.1 Å². The third-order valence-electron chi connectivity index (χ3n) is 4.09. The predicted octanol–water partition coefficient (Wildman–Crippen LogP) is 1.86. The number of amides is 2. The molecule has 6 heteroatoms. The second kappa shape index (κ2) is 5.75. The molecule has 2 amide bonds. The van der Waals surface area contributed by atoms with Crippen LogP contribution < -0.4 is 5.32 Å². The fourth-order valence-corrected chi connectivity index (χ4v) is 2.96. The molecule has 0 spiro atoms. The van der Waals surface area contributed by atoms with Gasteiger partial charge in [0.25, 0.3) is 0 Å². The van der Waals surface area contributed by atoms with E-state index in [0.29, 0.717) is 18.9 Å². The number of hydrogen-bond acceptors (Lipinski definition) is 3. The number of nitrogens with one attached hydrogen (secondary N) is 1. The maximum atomic E-state index is 12.7. The molecular formula is C15H18BrN3O2. The molecule has 1 aliphatic heterocycles. The van der Waals surface area contributed by atoms with Gasteiger partial charge in [-0.3, -0.25) is 14.6 Å². The van der Waals surface area contributed by atoms with Crippen LogP contribution in [0.15, 0.2) is 22.8 Å². The fraction of sp³-hybridized carbons (Fsp3) is 0.533. The van der Waals surface area contributed by atoms with Crippen LogP contribution in [0.3, 0.4) is 0 Å². The lowest BCUT2D eigenvalue weighted by molar-refractivity contribution is -0.136. The average Bonchev–Trinajstić information content (AvgIpc) is 3.27. The number of carbonyl (C=O) groups is 2. The van der Waals surface area contributed by atoms with Crippen LogP contribution in [-0.4, -0.2) is 33.8 Å². The standard InChI is InChI=1S/C15H18BrN3O2/c1-9-6-13(20)18-14(10-2-3-10)15(21)19(9)8-12-5-4-11(16)7-17-12/h4-5,7,9-10,14H,2-3,6,8H2,1H3,(H,18,20). The SMILES string of the molecule is CC1CC(=O)NC(C2CC2)C(=O)N1Cc1ccc(Br)cn1. The summed E-state index contributed by atoms with van der Waals surface area (Å²) in [5.74, 6) is 0.312. The number of rotatable bonds is 3. The first-order chi connectivity index (χ1) is 10.0. The Bertz CT molecular complexity index is 557. The molecule has 1 saturated heterocycles. The van der Waals surface area contributed by atoms with Crippen LogP contribution in [0.1, 0.15) is 31.9 Å². The highest BCUT2D eigenvalue weighted by molar-refractivity contribution is 9.10. The van der Waals surface area contributed by atoms with E-state index in [0.717, 1.165) is 23.0 Å². The topological polar surface area (TPSA) is 62.3 Å². The van der Waals surface area contributed by atoms with Gasteiger partial charge in [-0.05, 0) is 53.7 Å². The van der Waals surface area contributed by atoms with Crippen molar-refractivity contribution in [1.82, 2.24) is 15.2 Å². The number of aromatic nitrogens is 1. The second-order valence-corrected chi connectivity index (χ2v) is 6.79. The fourth-order valence-electron chi connectivity index (χ4n) is 2.73. The molecule has 2 atom stereocenters. The van der Waals surface area contributed by atoms with E-state index in [1.54, 1.807) is 11.1 Å². The maximum Gasteiger partial charge on any atom is 0.246 e. The Labute approximate surface area is 132 Å². The van der Waals surface area contributed by atoms with Crippen molar-refractivity contribution in [3.63, 3.8) is 0 Å². The predicted molar refractivity (Wildman–Crippen MR) is 81.2 cm³/mol. The highest BCUT2D eigenvalue weighted by Gasteiger charge is 2.42. The first kappa shape index (κ1) is 14.5. The molecule has 0 aromatic carbocycles. The molecular weight excluding hydrogens is 334 g/mol. The summed E-state index contributed by atoms with van der Waals surface area (Å²) in [6.07, 6.45) is 4.13. The lowest BCUT2D eigenvalue weighted by atomic mass is 10.1. The molecule has 3 rings (SSSR count). The van der Waals surface area contributed by atoms with Crippen molar-refractivity contribution in [2.75, 3.05) is 0 Å². The largest absolute Gasteiger partial charge is 0.344 e. The number of hydrogen-bond donors (Lipinski definition) is 1. The quantitative estimate of drug-likeness (QED) is 0.903. The van der Waals surface area contributed by atoms with Gasteiger partial charge in [-0.15, -0.1) is 0 Å². The summed E-state index contributed by atoms with van der Waals surface area (Å²) in [6, 6.07) is 3.36. The summed E-state index contributed by atoms with van der Waals surface area (Å²) in [6.45, 7) is 2.37. The van der Waals surface area contributed by atoms with Crippen LogP contribution in [0.25, 0.3) is 0 Å².